The molecule has 0 amide bonds. The molecule has 1 aliphatic carbocycles. The number of hydrogen-bond acceptors (Lipinski definition) is 3. The van der Waals surface area contributed by atoms with Crippen molar-refractivity contribution in [2.45, 2.75) is 51.6 Å². The summed E-state index contributed by atoms with van der Waals surface area (Å²) in [4.78, 5) is 22.5. The Balaban J connectivity index is 2.45. The predicted molar refractivity (Wildman–Crippen MR) is 68.1 cm³/mol. The molecule has 0 aliphatic heterocycles. The van der Waals surface area contributed by atoms with E-state index >= 15 is 0 Å². The monoisotopic (exact) mass is 254 g/mol. The highest BCUT2D eigenvalue weighted by atomic mass is 16.4. The molecule has 4 nitrogen and oxygen atoms in total. The van der Waals surface area contributed by atoms with Crippen molar-refractivity contribution in [3.63, 3.8) is 0 Å². The smallest absolute Gasteiger partial charge is 0.309 e. The molecule has 0 aromatic carbocycles. The molecular weight excluding hydrogens is 232 g/mol. The van der Waals surface area contributed by atoms with E-state index in [9.17, 15) is 14.7 Å². The van der Waals surface area contributed by atoms with Gasteiger partial charge in [0.1, 0.15) is 0 Å². The summed E-state index contributed by atoms with van der Waals surface area (Å²) in [5, 5.41) is 18.6. The second-order valence-electron chi connectivity index (χ2n) is 4.96. The topological polar surface area (TPSA) is 74.6 Å². The van der Waals surface area contributed by atoms with Crippen LogP contribution < -0.4 is 0 Å². The van der Waals surface area contributed by atoms with E-state index in [1.807, 2.05) is 0 Å². The number of ketones is 1. The van der Waals surface area contributed by atoms with Gasteiger partial charge in [0.15, 0.2) is 5.78 Å². The minimum atomic E-state index is -0.979. The van der Waals surface area contributed by atoms with E-state index in [4.69, 9.17) is 5.11 Å². The highest BCUT2D eigenvalue weighted by Crippen LogP contribution is 2.33. The third kappa shape index (κ3) is 4.26. The Morgan fingerprint density at radius 1 is 1.28 bits per heavy atom. The Labute approximate surface area is 108 Å². The van der Waals surface area contributed by atoms with Gasteiger partial charge < -0.3 is 10.2 Å². The number of rotatable bonds is 7. The average molecular weight is 254 g/mol. The molecule has 0 saturated heterocycles. The molecule has 102 valence electrons. The van der Waals surface area contributed by atoms with Crippen molar-refractivity contribution in [3.8, 4) is 0 Å². The summed E-state index contributed by atoms with van der Waals surface area (Å²) in [6.07, 6.45) is 7.04. The first-order valence-electron chi connectivity index (χ1n) is 6.68. The van der Waals surface area contributed by atoms with Crippen LogP contribution in [-0.4, -0.2) is 28.1 Å². The van der Waals surface area contributed by atoms with Crippen LogP contribution >= 0.6 is 0 Å². The minimum absolute atomic E-state index is 0.0500. The van der Waals surface area contributed by atoms with Gasteiger partial charge in [0.25, 0.3) is 0 Å². The van der Waals surface area contributed by atoms with Crippen LogP contribution in [0.5, 0.6) is 0 Å². The normalized spacial score (nSPS) is 27.8. The first-order chi connectivity index (χ1) is 8.56. The number of aliphatic hydroxyl groups excluding tert-OH is 1. The highest BCUT2D eigenvalue weighted by Gasteiger charge is 2.38. The van der Waals surface area contributed by atoms with Crippen molar-refractivity contribution in [1.82, 2.24) is 0 Å². The molecule has 1 aliphatic rings. The first kappa shape index (κ1) is 14.9. The molecule has 2 N–H and O–H groups in total. The lowest BCUT2D eigenvalue weighted by atomic mass is 9.94. The number of aliphatic hydroxyl groups is 1. The number of allylic oxidation sites excluding steroid dienone is 2. The van der Waals surface area contributed by atoms with Crippen molar-refractivity contribution in [2.75, 3.05) is 0 Å². The fourth-order valence-corrected chi connectivity index (χ4v) is 2.43. The van der Waals surface area contributed by atoms with Crippen LogP contribution in [0.1, 0.15) is 45.4 Å². The van der Waals surface area contributed by atoms with Gasteiger partial charge in [-0.25, -0.2) is 0 Å². The molecule has 0 spiro atoms. The van der Waals surface area contributed by atoms with Crippen molar-refractivity contribution >= 4 is 11.8 Å². The summed E-state index contributed by atoms with van der Waals surface area (Å²) in [5.41, 5.74) is 0. The third-order valence-electron chi connectivity index (χ3n) is 3.51. The zero-order valence-corrected chi connectivity index (χ0v) is 10.8. The van der Waals surface area contributed by atoms with Gasteiger partial charge in [0.05, 0.1) is 12.0 Å². The number of carbonyl (C=O) groups excluding carboxylic acids is 1. The molecule has 0 bridgehead atoms. The lowest BCUT2D eigenvalue weighted by molar-refractivity contribution is -0.145. The number of carbonyl (C=O) groups is 2. The van der Waals surface area contributed by atoms with Gasteiger partial charge in [0, 0.05) is 6.42 Å². The minimum Gasteiger partial charge on any atom is -0.481 e. The third-order valence-corrected chi connectivity index (χ3v) is 3.51. The standard InChI is InChI=1S/C14H22O4/c1-2-3-4-5-11(15)8-6-10-7-9-12(16)13(10)14(17)18/h6,8,10,12-13,16H,2-5,7,9H2,1H3,(H,17,18). The molecule has 0 heterocycles. The van der Waals surface area contributed by atoms with Gasteiger partial charge in [-0.05, 0) is 31.3 Å². The molecule has 1 rings (SSSR count). The maximum absolute atomic E-state index is 11.5. The van der Waals surface area contributed by atoms with E-state index in [0.717, 1.165) is 19.3 Å². The summed E-state index contributed by atoms with van der Waals surface area (Å²) in [7, 11) is 0. The van der Waals surface area contributed by atoms with E-state index in [1.165, 1.54) is 6.08 Å². The van der Waals surface area contributed by atoms with Gasteiger partial charge >= 0.3 is 5.97 Å². The number of carboxylic acids is 1. The fraction of sp³-hybridized carbons (Fsp3) is 0.714. The quantitative estimate of drug-likeness (QED) is 0.539. The second kappa shape index (κ2) is 7.31. The van der Waals surface area contributed by atoms with Crippen molar-refractivity contribution in [1.29, 1.82) is 0 Å². The Bertz CT molecular complexity index is 322. The largest absolute Gasteiger partial charge is 0.481 e. The van der Waals surface area contributed by atoms with Crippen LogP contribution in [-0.2, 0) is 9.59 Å². The van der Waals surface area contributed by atoms with Gasteiger partial charge in [-0.3, -0.25) is 9.59 Å². The molecule has 0 radical (unpaired) electrons. The number of hydrogen-bond donors (Lipinski definition) is 2. The lowest BCUT2D eigenvalue weighted by Crippen LogP contribution is -2.27. The SMILES string of the molecule is CCCCCC(=O)C=CC1CCC(O)C1C(=O)O. The Morgan fingerprint density at radius 3 is 2.61 bits per heavy atom. The van der Waals surface area contributed by atoms with Gasteiger partial charge in [-0.15, -0.1) is 0 Å². The van der Waals surface area contributed by atoms with Crippen LogP contribution in [0.4, 0.5) is 0 Å². The average Bonchev–Trinajstić information content (AvgIpc) is 2.68. The maximum Gasteiger partial charge on any atom is 0.309 e. The number of aliphatic carboxylic acids is 1. The van der Waals surface area contributed by atoms with Crippen molar-refractivity contribution in [2.24, 2.45) is 11.8 Å². The zero-order chi connectivity index (χ0) is 13.5. The molecule has 0 aromatic heterocycles. The molecule has 1 saturated carbocycles. The number of carboxylic acid groups (broad SMARTS) is 1. The zero-order valence-electron chi connectivity index (χ0n) is 10.8. The maximum atomic E-state index is 11.5. The van der Waals surface area contributed by atoms with Gasteiger partial charge in [-0.2, -0.15) is 0 Å². The van der Waals surface area contributed by atoms with E-state index in [-0.39, 0.29) is 11.7 Å². The molecule has 0 aromatic rings. The lowest BCUT2D eigenvalue weighted by Gasteiger charge is -2.13. The molecule has 4 heteroatoms. The molecule has 3 atom stereocenters. The predicted octanol–water partition coefficient (Wildman–Crippen LogP) is 2.16. The summed E-state index contributed by atoms with van der Waals surface area (Å²) in [5.74, 6) is -1.90. The summed E-state index contributed by atoms with van der Waals surface area (Å²) in [6.45, 7) is 2.08. The van der Waals surface area contributed by atoms with Gasteiger partial charge in [-0.1, -0.05) is 25.8 Å². The van der Waals surface area contributed by atoms with Crippen LogP contribution in [0.3, 0.4) is 0 Å². The molecule has 3 unspecified atom stereocenters. The van der Waals surface area contributed by atoms with E-state index in [1.54, 1.807) is 6.08 Å². The highest BCUT2D eigenvalue weighted by molar-refractivity contribution is 5.89. The molecule has 1 fully saturated rings. The van der Waals surface area contributed by atoms with Gasteiger partial charge in [0.2, 0.25) is 0 Å². The van der Waals surface area contributed by atoms with E-state index < -0.39 is 18.0 Å². The molecule has 18 heavy (non-hydrogen) atoms. The van der Waals surface area contributed by atoms with Crippen molar-refractivity contribution in [3.05, 3.63) is 12.2 Å². The fourth-order valence-electron chi connectivity index (χ4n) is 2.43. The van der Waals surface area contributed by atoms with Crippen LogP contribution in [0.2, 0.25) is 0 Å². The Kier molecular flexibility index (Phi) is 6.05. The summed E-state index contributed by atoms with van der Waals surface area (Å²) < 4.78 is 0. The summed E-state index contributed by atoms with van der Waals surface area (Å²) in [6, 6.07) is 0. The number of unbranched alkanes of at least 4 members (excludes halogenated alkanes) is 2. The van der Waals surface area contributed by atoms with Crippen LogP contribution in [0.15, 0.2) is 12.2 Å². The Hall–Kier alpha value is -1.16. The van der Waals surface area contributed by atoms with Crippen molar-refractivity contribution < 1.29 is 19.8 Å². The second-order valence-corrected chi connectivity index (χ2v) is 4.96. The van der Waals surface area contributed by atoms with E-state index in [2.05, 4.69) is 6.92 Å². The molecular formula is C14H22O4. The van der Waals surface area contributed by atoms with E-state index in [0.29, 0.717) is 19.3 Å². The summed E-state index contributed by atoms with van der Waals surface area (Å²) >= 11 is 0. The first-order valence-corrected chi connectivity index (χ1v) is 6.68. The Morgan fingerprint density at radius 2 is 2.00 bits per heavy atom. The van der Waals surface area contributed by atoms with Crippen LogP contribution in [0.25, 0.3) is 0 Å². The van der Waals surface area contributed by atoms with Crippen LogP contribution in [0, 0.1) is 11.8 Å².